The Hall–Kier alpha value is -1.56. The van der Waals surface area contributed by atoms with Gasteiger partial charge in [0, 0.05) is 12.2 Å². The van der Waals surface area contributed by atoms with Crippen molar-refractivity contribution in [2.75, 3.05) is 5.75 Å². The van der Waals surface area contributed by atoms with E-state index in [1.165, 1.54) is 18.2 Å². The van der Waals surface area contributed by atoms with Crippen LogP contribution in [0.3, 0.4) is 0 Å². The van der Waals surface area contributed by atoms with Gasteiger partial charge < -0.3 is 9.67 Å². The van der Waals surface area contributed by atoms with Crippen molar-refractivity contribution in [3.63, 3.8) is 0 Å². The largest absolute Gasteiger partial charge is 0.481 e. The van der Waals surface area contributed by atoms with E-state index in [1.54, 1.807) is 0 Å². The lowest BCUT2D eigenvalue weighted by atomic mass is 9.93. The van der Waals surface area contributed by atoms with E-state index in [0.29, 0.717) is 6.04 Å². The van der Waals surface area contributed by atoms with Gasteiger partial charge in [-0.25, -0.2) is 9.97 Å². The van der Waals surface area contributed by atoms with Crippen LogP contribution in [0.1, 0.15) is 30.9 Å². The molecule has 0 aliphatic heterocycles. The lowest BCUT2D eigenvalue weighted by Gasteiger charge is -2.28. The number of hydrogen-bond acceptors (Lipinski definition) is 4. The highest BCUT2D eigenvalue weighted by Gasteiger charge is 2.25. The van der Waals surface area contributed by atoms with Crippen molar-refractivity contribution in [2.24, 2.45) is 0 Å². The number of pyridine rings is 1. The second-order valence-electron chi connectivity index (χ2n) is 4.89. The summed E-state index contributed by atoms with van der Waals surface area (Å²) in [6.07, 6.45) is 5.31. The SMILES string of the molecule is Cc1cnc2c(c1)nc(SCC(=O)O)n2C1CCC1. The first-order valence-corrected chi connectivity index (χ1v) is 7.33. The predicted octanol–water partition coefficient (Wildman–Crippen LogP) is 2.64. The third kappa shape index (κ3) is 2.32. The predicted molar refractivity (Wildman–Crippen MR) is 73.5 cm³/mol. The van der Waals surface area contributed by atoms with Gasteiger partial charge in [-0.05, 0) is 37.8 Å². The lowest BCUT2D eigenvalue weighted by molar-refractivity contribution is -0.133. The fraction of sp³-hybridized carbons (Fsp3) is 0.462. The summed E-state index contributed by atoms with van der Waals surface area (Å²) in [7, 11) is 0. The average molecular weight is 277 g/mol. The molecule has 3 rings (SSSR count). The Morgan fingerprint density at radius 3 is 3.00 bits per heavy atom. The third-order valence-corrected chi connectivity index (χ3v) is 4.34. The number of thioether (sulfide) groups is 1. The summed E-state index contributed by atoms with van der Waals surface area (Å²) in [5.74, 6) is -0.781. The van der Waals surface area contributed by atoms with Crippen molar-refractivity contribution in [1.82, 2.24) is 14.5 Å². The fourth-order valence-electron chi connectivity index (χ4n) is 2.26. The van der Waals surface area contributed by atoms with Crippen LogP contribution in [0.5, 0.6) is 0 Å². The van der Waals surface area contributed by atoms with Gasteiger partial charge in [0.15, 0.2) is 10.8 Å². The number of aryl methyl sites for hydroxylation is 1. The molecule has 0 radical (unpaired) electrons. The second kappa shape index (κ2) is 4.85. The van der Waals surface area contributed by atoms with Gasteiger partial charge >= 0.3 is 5.97 Å². The zero-order valence-electron chi connectivity index (χ0n) is 10.7. The van der Waals surface area contributed by atoms with E-state index in [4.69, 9.17) is 5.11 Å². The Bertz CT molecular complexity index is 634. The summed E-state index contributed by atoms with van der Waals surface area (Å²) in [6.45, 7) is 1.98. The highest BCUT2D eigenvalue weighted by atomic mass is 32.2. The van der Waals surface area contributed by atoms with Gasteiger partial charge in [0.1, 0.15) is 5.52 Å². The maximum atomic E-state index is 10.7. The number of imidazole rings is 1. The first-order valence-electron chi connectivity index (χ1n) is 6.34. The monoisotopic (exact) mass is 277 g/mol. The van der Waals surface area contributed by atoms with Crippen molar-refractivity contribution in [3.05, 3.63) is 17.8 Å². The molecule has 2 aromatic heterocycles. The normalized spacial score (nSPS) is 15.6. The number of aliphatic carboxylic acids is 1. The van der Waals surface area contributed by atoms with Gasteiger partial charge in [-0.15, -0.1) is 0 Å². The van der Waals surface area contributed by atoms with Crippen LogP contribution >= 0.6 is 11.8 Å². The van der Waals surface area contributed by atoms with Crippen LogP contribution in [0.2, 0.25) is 0 Å². The van der Waals surface area contributed by atoms with Crippen LogP contribution in [0.4, 0.5) is 0 Å². The van der Waals surface area contributed by atoms with E-state index in [2.05, 4.69) is 14.5 Å². The summed E-state index contributed by atoms with van der Waals surface area (Å²) in [5.41, 5.74) is 2.81. The number of carboxylic acids is 1. The van der Waals surface area contributed by atoms with Gasteiger partial charge in [-0.3, -0.25) is 4.79 Å². The summed E-state index contributed by atoms with van der Waals surface area (Å²) >= 11 is 1.28. The Labute approximate surface area is 115 Å². The van der Waals surface area contributed by atoms with Crippen molar-refractivity contribution in [2.45, 2.75) is 37.4 Å². The van der Waals surface area contributed by atoms with Gasteiger partial charge in [0.2, 0.25) is 0 Å². The average Bonchev–Trinajstić information content (AvgIpc) is 2.62. The summed E-state index contributed by atoms with van der Waals surface area (Å²) in [6, 6.07) is 2.43. The summed E-state index contributed by atoms with van der Waals surface area (Å²) in [4.78, 5) is 19.8. The van der Waals surface area contributed by atoms with Gasteiger partial charge in [0.05, 0.1) is 5.75 Å². The van der Waals surface area contributed by atoms with E-state index < -0.39 is 5.97 Å². The minimum atomic E-state index is -0.818. The standard InChI is InChI=1S/C13H15N3O2S/c1-8-5-10-12(14-6-8)16(9-3-2-4-9)13(15-10)19-7-11(17)18/h5-6,9H,2-4,7H2,1H3,(H,17,18). The van der Waals surface area contributed by atoms with Crippen LogP contribution in [-0.4, -0.2) is 31.4 Å². The van der Waals surface area contributed by atoms with Crippen LogP contribution in [0.15, 0.2) is 17.4 Å². The molecule has 0 unspecified atom stereocenters. The number of aromatic nitrogens is 3. The van der Waals surface area contributed by atoms with Crippen molar-refractivity contribution >= 4 is 28.9 Å². The number of nitrogens with zero attached hydrogens (tertiary/aromatic N) is 3. The Morgan fingerprint density at radius 2 is 2.37 bits per heavy atom. The summed E-state index contributed by atoms with van der Waals surface area (Å²) < 4.78 is 2.12. The molecule has 1 fully saturated rings. The molecule has 1 N–H and O–H groups in total. The fourth-order valence-corrected chi connectivity index (χ4v) is 3.05. The molecule has 5 nitrogen and oxygen atoms in total. The van der Waals surface area contributed by atoms with E-state index in [0.717, 1.165) is 34.7 Å². The Morgan fingerprint density at radius 1 is 1.58 bits per heavy atom. The van der Waals surface area contributed by atoms with Gasteiger partial charge in [-0.2, -0.15) is 0 Å². The van der Waals surface area contributed by atoms with Crippen LogP contribution < -0.4 is 0 Å². The lowest BCUT2D eigenvalue weighted by Crippen LogP contribution is -2.18. The first-order chi connectivity index (χ1) is 9.15. The zero-order valence-corrected chi connectivity index (χ0v) is 11.5. The van der Waals surface area contributed by atoms with Crippen LogP contribution in [0, 0.1) is 6.92 Å². The molecule has 0 spiro atoms. The van der Waals surface area contributed by atoms with E-state index in [-0.39, 0.29) is 5.75 Å². The quantitative estimate of drug-likeness (QED) is 0.870. The van der Waals surface area contributed by atoms with Crippen LogP contribution in [0.25, 0.3) is 11.2 Å². The maximum absolute atomic E-state index is 10.7. The molecular formula is C13H15N3O2S. The second-order valence-corrected chi connectivity index (χ2v) is 5.83. The molecule has 6 heteroatoms. The zero-order chi connectivity index (χ0) is 13.4. The molecule has 19 heavy (non-hydrogen) atoms. The molecule has 0 atom stereocenters. The van der Waals surface area contributed by atoms with Crippen molar-refractivity contribution < 1.29 is 9.90 Å². The molecule has 0 aromatic carbocycles. The highest BCUT2D eigenvalue weighted by molar-refractivity contribution is 7.99. The maximum Gasteiger partial charge on any atom is 0.313 e. The smallest absolute Gasteiger partial charge is 0.313 e. The highest BCUT2D eigenvalue weighted by Crippen LogP contribution is 2.37. The van der Waals surface area contributed by atoms with Crippen molar-refractivity contribution in [3.8, 4) is 0 Å². The molecule has 1 aliphatic carbocycles. The molecule has 1 aliphatic rings. The number of hydrogen-bond donors (Lipinski definition) is 1. The molecule has 100 valence electrons. The number of rotatable bonds is 4. The number of carboxylic acid groups (broad SMARTS) is 1. The number of fused-ring (bicyclic) bond motifs is 1. The number of carbonyl (C=O) groups is 1. The third-order valence-electron chi connectivity index (χ3n) is 3.40. The minimum absolute atomic E-state index is 0.0367. The van der Waals surface area contributed by atoms with E-state index in [1.807, 2.05) is 19.2 Å². The molecule has 0 bridgehead atoms. The van der Waals surface area contributed by atoms with Gasteiger partial charge in [0.25, 0.3) is 0 Å². The Kier molecular flexibility index (Phi) is 3.18. The molecule has 2 aromatic rings. The molecule has 2 heterocycles. The van der Waals surface area contributed by atoms with E-state index >= 15 is 0 Å². The first kappa shape index (κ1) is 12.5. The van der Waals surface area contributed by atoms with Crippen molar-refractivity contribution in [1.29, 1.82) is 0 Å². The summed E-state index contributed by atoms with van der Waals surface area (Å²) in [5, 5.41) is 9.60. The minimum Gasteiger partial charge on any atom is -0.481 e. The van der Waals surface area contributed by atoms with Crippen LogP contribution in [-0.2, 0) is 4.79 Å². The van der Waals surface area contributed by atoms with E-state index in [9.17, 15) is 4.79 Å². The Balaban J connectivity index is 2.04. The van der Waals surface area contributed by atoms with Gasteiger partial charge in [-0.1, -0.05) is 11.8 Å². The molecule has 1 saturated carbocycles. The molecular weight excluding hydrogens is 262 g/mol. The molecule has 0 saturated heterocycles. The molecule has 0 amide bonds. The topological polar surface area (TPSA) is 68.0 Å².